The number of aryl methyl sites for hydroxylation is 1. The van der Waals surface area contributed by atoms with Gasteiger partial charge in [0.25, 0.3) is 5.91 Å². The predicted molar refractivity (Wildman–Crippen MR) is 84.0 cm³/mol. The second-order valence-corrected chi connectivity index (χ2v) is 6.61. The van der Waals surface area contributed by atoms with Crippen molar-refractivity contribution in [3.8, 4) is 0 Å². The number of nitrogens with zero attached hydrogens (tertiary/aromatic N) is 2. The van der Waals surface area contributed by atoms with E-state index in [9.17, 15) is 4.79 Å². The van der Waals surface area contributed by atoms with Gasteiger partial charge in [-0.25, -0.2) is 0 Å². The summed E-state index contributed by atoms with van der Waals surface area (Å²) >= 11 is 1.48. The van der Waals surface area contributed by atoms with Gasteiger partial charge in [-0.2, -0.15) is 0 Å². The maximum absolute atomic E-state index is 12.4. The van der Waals surface area contributed by atoms with Gasteiger partial charge < -0.3 is 21.2 Å². The molecule has 2 rings (SSSR count). The third-order valence-electron chi connectivity index (χ3n) is 4.03. The largest absolute Gasteiger partial charge is 0.409 e. The van der Waals surface area contributed by atoms with Crippen molar-refractivity contribution >= 4 is 23.1 Å². The number of hydrogen-bond acceptors (Lipinski definition) is 5. The van der Waals surface area contributed by atoms with Crippen LogP contribution in [0.15, 0.2) is 17.3 Å². The fourth-order valence-corrected chi connectivity index (χ4v) is 3.35. The van der Waals surface area contributed by atoms with Gasteiger partial charge in [0.15, 0.2) is 5.84 Å². The van der Waals surface area contributed by atoms with Gasteiger partial charge in [0.05, 0.1) is 4.88 Å². The van der Waals surface area contributed by atoms with Crippen molar-refractivity contribution in [1.29, 1.82) is 0 Å². The lowest BCUT2D eigenvalue weighted by atomic mass is 9.86. The normalized spacial score (nSPS) is 19.4. The molecule has 1 aromatic heterocycles. The molecule has 2 heterocycles. The SMILES string of the molecule is CCc1ccc(C(=O)NC2(C(N)=NO)CCN(C)CC2)s1. The molecule has 4 N–H and O–H groups in total. The van der Waals surface area contributed by atoms with Gasteiger partial charge in [-0.15, -0.1) is 11.3 Å². The molecule has 1 aliphatic heterocycles. The molecule has 0 unspecified atom stereocenters. The Balaban J connectivity index is 2.17. The van der Waals surface area contributed by atoms with Gasteiger partial charge in [0.1, 0.15) is 5.54 Å². The summed E-state index contributed by atoms with van der Waals surface area (Å²) in [5, 5.41) is 15.2. The third-order valence-corrected chi connectivity index (χ3v) is 5.25. The molecule has 0 spiro atoms. The van der Waals surface area contributed by atoms with Crippen molar-refractivity contribution in [2.24, 2.45) is 10.9 Å². The van der Waals surface area contributed by atoms with Crippen LogP contribution in [0.2, 0.25) is 0 Å². The summed E-state index contributed by atoms with van der Waals surface area (Å²) in [4.78, 5) is 16.4. The molecule has 6 nitrogen and oxygen atoms in total. The molecule has 0 aromatic carbocycles. The number of oxime groups is 1. The van der Waals surface area contributed by atoms with E-state index >= 15 is 0 Å². The van der Waals surface area contributed by atoms with E-state index in [1.165, 1.54) is 16.2 Å². The van der Waals surface area contributed by atoms with Crippen LogP contribution in [0, 0.1) is 0 Å². The molecule has 0 radical (unpaired) electrons. The van der Waals surface area contributed by atoms with Crippen LogP contribution >= 0.6 is 11.3 Å². The number of thiophene rings is 1. The number of hydrogen-bond donors (Lipinski definition) is 3. The lowest BCUT2D eigenvalue weighted by molar-refractivity contribution is 0.0890. The highest BCUT2D eigenvalue weighted by Crippen LogP contribution is 2.24. The Morgan fingerprint density at radius 3 is 2.71 bits per heavy atom. The van der Waals surface area contributed by atoms with Crippen LogP contribution in [-0.4, -0.2) is 47.5 Å². The summed E-state index contributed by atoms with van der Waals surface area (Å²) in [5.74, 6) is -0.0768. The molecular formula is C14H22N4O2S. The number of amidine groups is 1. The molecule has 1 amide bonds. The molecule has 0 aliphatic carbocycles. The monoisotopic (exact) mass is 310 g/mol. The Hall–Kier alpha value is -1.60. The van der Waals surface area contributed by atoms with E-state index < -0.39 is 5.54 Å². The summed E-state index contributed by atoms with van der Waals surface area (Å²) in [6.45, 7) is 3.64. The van der Waals surface area contributed by atoms with Crippen molar-refractivity contribution < 1.29 is 10.0 Å². The minimum Gasteiger partial charge on any atom is -0.409 e. The molecule has 0 atom stereocenters. The summed E-state index contributed by atoms with van der Waals surface area (Å²) in [6.07, 6.45) is 2.18. The van der Waals surface area contributed by atoms with E-state index in [-0.39, 0.29) is 11.7 Å². The van der Waals surface area contributed by atoms with Crippen LogP contribution in [0.25, 0.3) is 0 Å². The molecule has 1 aromatic rings. The summed E-state index contributed by atoms with van der Waals surface area (Å²) in [5.41, 5.74) is 5.10. The van der Waals surface area contributed by atoms with Crippen LogP contribution in [0.3, 0.4) is 0 Å². The Morgan fingerprint density at radius 1 is 1.52 bits per heavy atom. The number of nitrogens with one attached hydrogen (secondary N) is 1. The smallest absolute Gasteiger partial charge is 0.262 e. The molecule has 0 bridgehead atoms. The van der Waals surface area contributed by atoms with Crippen molar-refractivity contribution in [2.75, 3.05) is 20.1 Å². The fraction of sp³-hybridized carbons (Fsp3) is 0.571. The van der Waals surface area contributed by atoms with Crippen LogP contribution < -0.4 is 11.1 Å². The molecule has 1 fully saturated rings. The highest BCUT2D eigenvalue weighted by molar-refractivity contribution is 7.14. The van der Waals surface area contributed by atoms with Gasteiger partial charge in [0, 0.05) is 18.0 Å². The van der Waals surface area contributed by atoms with Gasteiger partial charge in [-0.05, 0) is 38.4 Å². The molecule has 1 saturated heterocycles. The van der Waals surface area contributed by atoms with Crippen LogP contribution in [-0.2, 0) is 6.42 Å². The van der Waals surface area contributed by atoms with Crippen molar-refractivity contribution in [3.63, 3.8) is 0 Å². The van der Waals surface area contributed by atoms with Gasteiger partial charge in [-0.3, -0.25) is 4.79 Å². The first kappa shape index (κ1) is 15.8. The Kier molecular flexibility index (Phi) is 4.84. The first-order valence-electron chi connectivity index (χ1n) is 7.08. The van der Waals surface area contributed by atoms with Gasteiger partial charge in [0.2, 0.25) is 0 Å². The number of amides is 1. The van der Waals surface area contributed by atoms with Crippen molar-refractivity contribution in [3.05, 3.63) is 21.9 Å². The Labute approximate surface area is 128 Å². The van der Waals surface area contributed by atoms with E-state index in [1.807, 2.05) is 19.2 Å². The lowest BCUT2D eigenvalue weighted by Crippen LogP contribution is -2.62. The first-order valence-corrected chi connectivity index (χ1v) is 7.90. The minimum absolute atomic E-state index is 0.0798. The van der Waals surface area contributed by atoms with Crippen LogP contribution in [0.5, 0.6) is 0 Å². The van der Waals surface area contributed by atoms with Crippen molar-refractivity contribution in [1.82, 2.24) is 10.2 Å². The minimum atomic E-state index is -0.755. The number of carbonyl (C=O) groups excluding carboxylic acids is 1. The molecule has 116 valence electrons. The maximum Gasteiger partial charge on any atom is 0.262 e. The van der Waals surface area contributed by atoms with Crippen LogP contribution in [0.1, 0.15) is 34.3 Å². The van der Waals surface area contributed by atoms with E-state index in [2.05, 4.69) is 22.3 Å². The lowest BCUT2D eigenvalue weighted by Gasteiger charge is -2.40. The van der Waals surface area contributed by atoms with Gasteiger partial charge >= 0.3 is 0 Å². The molecule has 1 aliphatic rings. The first-order chi connectivity index (χ1) is 10.0. The number of piperidine rings is 1. The van der Waals surface area contributed by atoms with Crippen LogP contribution in [0.4, 0.5) is 0 Å². The molecule has 0 saturated carbocycles. The molecule has 7 heteroatoms. The van der Waals surface area contributed by atoms with E-state index in [0.29, 0.717) is 17.7 Å². The predicted octanol–water partition coefficient (Wildman–Crippen LogP) is 1.25. The number of rotatable bonds is 4. The molecular weight excluding hydrogens is 288 g/mol. The number of carbonyl (C=O) groups is 1. The Morgan fingerprint density at radius 2 is 2.19 bits per heavy atom. The number of nitrogens with two attached hydrogens (primary N) is 1. The molecule has 21 heavy (non-hydrogen) atoms. The summed E-state index contributed by atoms with van der Waals surface area (Å²) in [6, 6.07) is 3.79. The standard InChI is InChI=1S/C14H22N4O2S/c1-3-10-4-5-11(21-10)12(19)16-14(13(15)17-20)6-8-18(2)9-7-14/h4-5,20H,3,6-9H2,1-2H3,(H2,15,17)(H,16,19). The second kappa shape index (κ2) is 6.44. The average Bonchev–Trinajstić information content (AvgIpc) is 2.98. The van der Waals surface area contributed by atoms with Gasteiger partial charge in [-0.1, -0.05) is 12.1 Å². The van der Waals surface area contributed by atoms with E-state index in [4.69, 9.17) is 10.9 Å². The maximum atomic E-state index is 12.4. The van der Waals surface area contributed by atoms with E-state index in [0.717, 1.165) is 19.5 Å². The van der Waals surface area contributed by atoms with Crippen molar-refractivity contribution in [2.45, 2.75) is 31.7 Å². The topological polar surface area (TPSA) is 91.0 Å². The summed E-state index contributed by atoms with van der Waals surface area (Å²) in [7, 11) is 2.02. The zero-order chi connectivity index (χ0) is 15.5. The third kappa shape index (κ3) is 3.36. The fourth-order valence-electron chi connectivity index (χ4n) is 2.51. The highest BCUT2D eigenvalue weighted by atomic mass is 32.1. The van der Waals surface area contributed by atoms with E-state index in [1.54, 1.807) is 0 Å². The number of likely N-dealkylation sites (tertiary alicyclic amines) is 1. The second-order valence-electron chi connectivity index (χ2n) is 5.44. The summed E-state index contributed by atoms with van der Waals surface area (Å²) < 4.78 is 0. The highest BCUT2D eigenvalue weighted by Gasteiger charge is 2.39. The zero-order valence-corrected chi connectivity index (χ0v) is 13.2. The zero-order valence-electron chi connectivity index (χ0n) is 12.4. The quantitative estimate of drug-likeness (QED) is 0.338. The Bertz CT molecular complexity index is 533. The average molecular weight is 310 g/mol.